The molecule has 0 fully saturated rings. The average Bonchev–Trinajstić information content (AvgIpc) is 3.40. The van der Waals surface area contributed by atoms with Crippen LogP contribution in [-0.2, 0) is 17.6 Å². The zero-order valence-electron chi connectivity index (χ0n) is 19.7. The van der Waals surface area contributed by atoms with Crippen molar-refractivity contribution >= 4 is 50.9 Å². The highest BCUT2D eigenvalue weighted by Gasteiger charge is 2.33. The summed E-state index contributed by atoms with van der Waals surface area (Å²) in [6.07, 6.45) is -0.237. The summed E-state index contributed by atoms with van der Waals surface area (Å²) >= 11 is 12.5. The van der Waals surface area contributed by atoms with E-state index in [1.54, 1.807) is 54.0 Å². The number of nitrogens with one attached hydrogen (secondary N) is 1. The molecule has 0 radical (unpaired) electrons. The van der Waals surface area contributed by atoms with Crippen LogP contribution in [0.3, 0.4) is 0 Å². The van der Waals surface area contributed by atoms with Crippen molar-refractivity contribution in [2.24, 2.45) is 0 Å². The second-order valence-electron chi connectivity index (χ2n) is 9.24. The topological polar surface area (TPSA) is 97.4 Å². The summed E-state index contributed by atoms with van der Waals surface area (Å²) in [5.74, 6) is 0.181. The summed E-state index contributed by atoms with van der Waals surface area (Å²) in [6.45, 7) is 1.69. The summed E-state index contributed by atoms with van der Waals surface area (Å²) < 4.78 is 6.92. The minimum atomic E-state index is -0.787. The molecule has 7 nitrogen and oxygen atoms in total. The number of benzene rings is 3. The molecule has 0 bridgehead atoms. The molecule has 1 aliphatic rings. The molecule has 0 saturated carbocycles. The Bertz CT molecular complexity index is 1760. The fourth-order valence-electron chi connectivity index (χ4n) is 5.14. The fourth-order valence-corrected chi connectivity index (χ4v) is 5.52. The molecule has 5 aromatic rings. The van der Waals surface area contributed by atoms with Gasteiger partial charge in [-0.05, 0) is 60.0 Å². The number of aliphatic hydroxyl groups excluding tert-OH is 1. The predicted molar refractivity (Wildman–Crippen MR) is 143 cm³/mol. The van der Waals surface area contributed by atoms with Crippen LogP contribution >= 0.6 is 23.2 Å². The highest BCUT2D eigenvalue weighted by molar-refractivity contribution is 6.37. The Morgan fingerprint density at radius 2 is 1.92 bits per heavy atom. The molecule has 3 aromatic carbocycles. The van der Waals surface area contributed by atoms with Crippen molar-refractivity contribution in [2.45, 2.75) is 31.9 Å². The first-order chi connectivity index (χ1) is 17.8. The molecule has 6 rings (SSSR count). The lowest BCUT2D eigenvalue weighted by Gasteiger charge is -2.19. The molecule has 0 aliphatic heterocycles. The third-order valence-corrected chi connectivity index (χ3v) is 7.45. The number of nitrogens with zero attached hydrogens (tertiary/aromatic N) is 2. The van der Waals surface area contributed by atoms with E-state index >= 15 is 0 Å². The lowest BCUT2D eigenvalue weighted by atomic mass is 10.0. The molecule has 186 valence electrons. The molecule has 2 aromatic heterocycles. The Morgan fingerprint density at radius 1 is 1.14 bits per heavy atom. The molecular formula is C28H21Cl2N3O4. The van der Waals surface area contributed by atoms with Gasteiger partial charge in [0.1, 0.15) is 16.7 Å². The van der Waals surface area contributed by atoms with Crippen LogP contribution in [0, 0.1) is 6.92 Å². The van der Waals surface area contributed by atoms with Crippen LogP contribution in [0.15, 0.2) is 70.0 Å². The standard InChI is InChI=1S/C28H21Cl2N3O4/c1-14-24-27(32-37-14)25-20(30)3-2-4-21(25)33(28(24)36)18-10-7-16-12-22(34)26(19(16)13-18)31-23(35)11-15-5-8-17(29)9-6-15/h2-10,13,22,26,34H,11-12H2,1H3,(H,31,35). The molecule has 2 atom stereocenters. The molecule has 9 heteroatoms. The molecule has 2 unspecified atom stereocenters. The largest absolute Gasteiger partial charge is 0.390 e. The van der Waals surface area contributed by atoms with Crippen LogP contribution in [0.1, 0.15) is 28.5 Å². The molecule has 1 aliphatic carbocycles. The van der Waals surface area contributed by atoms with Gasteiger partial charge in [0.15, 0.2) is 0 Å². The molecule has 1 amide bonds. The number of hydrogen-bond donors (Lipinski definition) is 2. The summed E-state index contributed by atoms with van der Waals surface area (Å²) in [5, 5.41) is 19.9. The minimum absolute atomic E-state index is 0.154. The van der Waals surface area contributed by atoms with Crippen molar-refractivity contribution in [1.82, 2.24) is 15.0 Å². The molecule has 0 saturated heterocycles. The maximum absolute atomic E-state index is 13.7. The number of halogens is 2. The van der Waals surface area contributed by atoms with Crippen LogP contribution in [0.4, 0.5) is 0 Å². The molecule has 37 heavy (non-hydrogen) atoms. The van der Waals surface area contributed by atoms with Crippen molar-refractivity contribution in [1.29, 1.82) is 0 Å². The summed E-state index contributed by atoms with van der Waals surface area (Å²) in [5.41, 5.74) is 3.79. The van der Waals surface area contributed by atoms with Gasteiger partial charge in [-0.3, -0.25) is 14.2 Å². The van der Waals surface area contributed by atoms with Crippen molar-refractivity contribution in [3.05, 3.63) is 104 Å². The molecule has 2 N–H and O–H groups in total. The van der Waals surface area contributed by atoms with Gasteiger partial charge in [0.2, 0.25) is 5.91 Å². The number of pyridine rings is 1. The van der Waals surface area contributed by atoms with Gasteiger partial charge in [-0.15, -0.1) is 0 Å². The van der Waals surface area contributed by atoms with Gasteiger partial charge < -0.3 is 14.9 Å². The maximum Gasteiger partial charge on any atom is 0.268 e. The van der Waals surface area contributed by atoms with E-state index in [9.17, 15) is 14.7 Å². The number of carbonyl (C=O) groups is 1. The van der Waals surface area contributed by atoms with Crippen molar-refractivity contribution in [2.75, 3.05) is 0 Å². The smallest absolute Gasteiger partial charge is 0.268 e. The van der Waals surface area contributed by atoms with Gasteiger partial charge in [-0.2, -0.15) is 0 Å². The monoisotopic (exact) mass is 533 g/mol. The van der Waals surface area contributed by atoms with E-state index in [4.69, 9.17) is 27.7 Å². The van der Waals surface area contributed by atoms with E-state index in [1.165, 1.54) is 0 Å². The number of aromatic nitrogens is 2. The second kappa shape index (κ2) is 9.03. The van der Waals surface area contributed by atoms with E-state index in [1.807, 2.05) is 18.2 Å². The predicted octanol–water partition coefficient (Wildman–Crippen LogP) is 5.06. The first-order valence-corrected chi connectivity index (χ1v) is 12.5. The number of fused-ring (bicyclic) bond motifs is 4. The number of aliphatic hydroxyl groups is 1. The first kappa shape index (κ1) is 23.7. The van der Waals surface area contributed by atoms with E-state index < -0.39 is 12.1 Å². The van der Waals surface area contributed by atoms with Gasteiger partial charge in [-0.1, -0.05) is 52.6 Å². The molecular weight excluding hydrogens is 513 g/mol. The van der Waals surface area contributed by atoms with E-state index in [0.717, 1.165) is 16.7 Å². The molecule has 2 heterocycles. The number of rotatable bonds is 4. The minimum Gasteiger partial charge on any atom is -0.390 e. The van der Waals surface area contributed by atoms with Gasteiger partial charge >= 0.3 is 0 Å². The summed E-state index contributed by atoms with van der Waals surface area (Å²) in [6, 6.07) is 17.3. The quantitative estimate of drug-likeness (QED) is 0.336. The fraction of sp³-hybridized carbons (Fsp3) is 0.179. The van der Waals surface area contributed by atoms with Crippen molar-refractivity contribution < 1.29 is 14.4 Å². The normalized spacial score (nSPS) is 16.9. The average molecular weight is 534 g/mol. The lowest BCUT2D eigenvalue weighted by Crippen LogP contribution is -2.34. The Balaban J connectivity index is 1.43. The zero-order valence-corrected chi connectivity index (χ0v) is 21.2. The van der Waals surface area contributed by atoms with Crippen molar-refractivity contribution in [3.63, 3.8) is 0 Å². The lowest BCUT2D eigenvalue weighted by molar-refractivity contribution is -0.121. The SMILES string of the molecule is Cc1onc2c1c(=O)n(-c1ccc3c(c1)C(NC(=O)Cc1ccc(Cl)cc1)C(O)C3)c1cccc(Cl)c21. The Labute approximate surface area is 221 Å². The van der Waals surface area contributed by atoms with E-state index in [2.05, 4.69) is 10.5 Å². The maximum atomic E-state index is 13.7. The van der Waals surface area contributed by atoms with Crippen LogP contribution in [0.2, 0.25) is 10.0 Å². The van der Waals surface area contributed by atoms with Gasteiger partial charge in [-0.25, -0.2) is 0 Å². The van der Waals surface area contributed by atoms with Crippen LogP contribution in [-0.4, -0.2) is 26.8 Å². The highest BCUT2D eigenvalue weighted by atomic mass is 35.5. The third kappa shape index (κ3) is 4.00. The Morgan fingerprint density at radius 3 is 2.70 bits per heavy atom. The van der Waals surface area contributed by atoms with Gasteiger partial charge in [0, 0.05) is 22.5 Å². The first-order valence-electron chi connectivity index (χ1n) is 11.8. The number of hydrogen-bond acceptors (Lipinski definition) is 5. The third-order valence-electron chi connectivity index (χ3n) is 6.88. The Kier molecular flexibility index (Phi) is 5.79. The van der Waals surface area contributed by atoms with Gasteiger partial charge in [0.25, 0.3) is 5.56 Å². The van der Waals surface area contributed by atoms with Gasteiger partial charge in [0.05, 0.1) is 29.1 Å². The number of amides is 1. The zero-order chi connectivity index (χ0) is 25.8. The van der Waals surface area contributed by atoms with Crippen LogP contribution in [0.5, 0.6) is 0 Å². The molecule has 0 spiro atoms. The number of aryl methyl sites for hydroxylation is 1. The number of carbonyl (C=O) groups excluding carboxylic acids is 1. The van der Waals surface area contributed by atoms with E-state index in [0.29, 0.717) is 49.7 Å². The summed E-state index contributed by atoms with van der Waals surface area (Å²) in [7, 11) is 0. The summed E-state index contributed by atoms with van der Waals surface area (Å²) in [4.78, 5) is 26.5. The van der Waals surface area contributed by atoms with E-state index in [-0.39, 0.29) is 17.9 Å². The van der Waals surface area contributed by atoms with Crippen LogP contribution in [0.25, 0.3) is 27.5 Å². The van der Waals surface area contributed by atoms with Crippen LogP contribution < -0.4 is 10.9 Å². The highest BCUT2D eigenvalue weighted by Crippen LogP contribution is 2.35. The Hall–Kier alpha value is -3.65. The van der Waals surface area contributed by atoms with Crippen molar-refractivity contribution in [3.8, 4) is 5.69 Å². The second-order valence-corrected chi connectivity index (χ2v) is 10.1.